The highest BCUT2D eigenvalue weighted by Crippen LogP contribution is 2.22. The summed E-state index contributed by atoms with van der Waals surface area (Å²) in [6.07, 6.45) is 1.18. The zero-order valence-electron chi connectivity index (χ0n) is 16.6. The Morgan fingerprint density at radius 1 is 1.25 bits per heavy atom. The molecule has 2 aliphatic heterocycles. The van der Waals surface area contributed by atoms with Crippen molar-refractivity contribution in [1.82, 2.24) is 10.6 Å². The number of nitrogens with one attached hydrogen (secondary N) is 4. The minimum absolute atomic E-state index is 0.104. The topological polar surface area (TPSA) is 70.3 Å². The fourth-order valence-electron chi connectivity index (χ4n) is 4.04. The van der Waals surface area contributed by atoms with Crippen LogP contribution in [0.15, 0.2) is 24.3 Å². The molecule has 0 saturated carbocycles. The molecule has 0 aromatic heterocycles. The summed E-state index contributed by atoms with van der Waals surface area (Å²) < 4.78 is 13.4. The lowest BCUT2D eigenvalue weighted by atomic mass is 10.2. The summed E-state index contributed by atoms with van der Waals surface area (Å²) in [5, 5.41) is 5.75. The Morgan fingerprint density at radius 3 is 2.71 bits per heavy atom. The minimum atomic E-state index is -0.376. The molecule has 0 spiro atoms. The quantitative estimate of drug-likeness (QED) is 0.423. The van der Waals surface area contributed by atoms with E-state index in [1.165, 1.54) is 49.8 Å². The number of likely N-dealkylation sites (N-methyl/N-ethyl adjacent to an activating group) is 1. The van der Waals surface area contributed by atoms with Gasteiger partial charge in [-0.05, 0) is 25.1 Å². The lowest BCUT2D eigenvalue weighted by molar-refractivity contribution is -1.01. The molecule has 28 heavy (non-hydrogen) atoms. The van der Waals surface area contributed by atoms with Gasteiger partial charge in [-0.15, -0.1) is 0 Å². The Kier molecular flexibility index (Phi) is 7.22. The van der Waals surface area contributed by atoms with E-state index < -0.39 is 0 Å². The van der Waals surface area contributed by atoms with Gasteiger partial charge in [0.1, 0.15) is 32.0 Å². The molecule has 0 unspecified atom stereocenters. The van der Waals surface area contributed by atoms with E-state index in [1.807, 2.05) is 0 Å². The molecule has 0 aliphatic carbocycles. The lowest BCUT2D eigenvalue weighted by Gasteiger charge is -2.29. The zero-order chi connectivity index (χ0) is 19.9. The first-order valence-electron chi connectivity index (χ1n) is 10.3. The first-order valence-corrected chi connectivity index (χ1v) is 10.3. The van der Waals surface area contributed by atoms with Gasteiger partial charge in [-0.2, -0.15) is 0 Å². The number of rotatable bonds is 7. The van der Waals surface area contributed by atoms with Crippen molar-refractivity contribution in [3.05, 3.63) is 30.1 Å². The summed E-state index contributed by atoms with van der Waals surface area (Å²) in [7, 11) is 0. The number of carbonyl (C=O) groups excluding carboxylic acids is 2. The summed E-state index contributed by atoms with van der Waals surface area (Å²) in [6, 6.07) is 5.47. The van der Waals surface area contributed by atoms with E-state index in [1.54, 1.807) is 21.9 Å². The molecule has 1 atom stereocenters. The van der Waals surface area contributed by atoms with Crippen LogP contribution >= 0.6 is 0 Å². The molecule has 3 amide bonds. The molecule has 0 radical (unpaired) electrons. The minimum Gasteiger partial charge on any atom is -0.338 e. The monoisotopic (exact) mass is 393 g/mol. The SMILES string of the molecule is CC[NH+]1CC[NH+](CCCNC(=O)N[C@@H]2CC(=O)N(c3cccc(F)c3)C2)CC1. The second kappa shape index (κ2) is 9.84. The van der Waals surface area contributed by atoms with Crippen molar-refractivity contribution < 1.29 is 23.8 Å². The van der Waals surface area contributed by atoms with Crippen molar-refractivity contribution in [2.24, 2.45) is 0 Å². The Bertz CT molecular complexity index is 678. The highest BCUT2D eigenvalue weighted by Gasteiger charge is 2.31. The van der Waals surface area contributed by atoms with Gasteiger partial charge in [0.15, 0.2) is 0 Å². The number of quaternary nitrogens is 2. The summed E-state index contributed by atoms with van der Waals surface area (Å²) in [5.74, 6) is -0.480. The van der Waals surface area contributed by atoms with Crippen molar-refractivity contribution in [2.45, 2.75) is 25.8 Å². The summed E-state index contributed by atoms with van der Waals surface area (Å²) in [6.45, 7) is 10.4. The van der Waals surface area contributed by atoms with E-state index in [4.69, 9.17) is 0 Å². The van der Waals surface area contributed by atoms with Gasteiger partial charge >= 0.3 is 6.03 Å². The molecule has 2 aliphatic rings. The van der Waals surface area contributed by atoms with Crippen LogP contribution in [0.3, 0.4) is 0 Å². The van der Waals surface area contributed by atoms with E-state index in [2.05, 4.69) is 17.6 Å². The van der Waals surface area contributed by atoms with Gasteiger partial charge in [0.2, 0.25) is 5.91 Å². The van der Waals surface area contributed by atoms with Crippen molar-refractivity contribution in [1.29, 1.82) is 0 Å². The zero-order valence-corrected chi connectivity index (χ0v) is 16.6. The van der Waals surface area contributed by atoms with Gasteiger partial charge in [-0.1, -0.05) is 6.07 Å². The maximum Gasteiger partial charge on any atom is 0.315 e. The summed E-state index contributed by atoms with van der Waals surface area (Å²) in [4.78, 5) is 29.1. The molecule has 4 N–H and O–H groups in total. The first-order chi connectivity index (χ1) is 13.5. The predicted octanol–water partition coefficient (Wildman–Crippen LogP) is -1.58. The number of amides is 3. The van der Waals surface area contributed by atoms with Crippen molar-refractivity contribution in [3.63, 3.8) is 0 Å². The fraction of sp³-hybridized carbons (Fsp3) is 0.600. The first kappa shape index (κ1) is 20.5. The standard InChI is InChI=1S/C20H30FN5O2/c1-2-24-9-11-25(12-10-24)8-4-7-22-20(28)23-17-14-19(27)26(15-17)18-6-3-5-16(21)13-18/h3,5-6,13,17H,2,4,7-12,14-15H2,1H3,(H2,22,23,28)/p+2/t17-/m1/s1. The van der Waals surface area contributed by atoms with Crippen LogP contribution in [0, 0.1) is 5.82 Å². The number of halogens is 1. The van der Waals surface area contributed by atoms with Crippen molar-refractivity contribution in [2.75, 3.05) is 57.3 Å². The number of piperazine rings is 1. The molecule has 154 valence electrons. The largest absolute Gasteiger partial charge is 0.338 e. The molecule has 2 saturated heterocycles. The van der Waals surface area contributed by atoms with Crippen LogP contribution in [0.1, 0.15) is 19.8 Å². The Balaban J connectivity index is 1.33. The Hall–Kier alpha value is -2.19. The fourth-order valence-corrected chi connectivity index (χ4v) is 4.04. The molecule has 2 heterocycles. The van der Waals surface area contributed by atoms with E-state index in [0.29, 0.717) is 18.8 Å². The van der Waals surface area contributed by atoms with Gasteiger partial charge in [0.05, 0.1) is 19.1 Å². The van der Waals surface area contributed by atoms with E-state index in [-0.39, 0.29) is 30.2 Å². The van der Waals surface area contributed by atoms with Gasteiger partial charge < -0.3 is 25.3 Å². The van der Waals surface area contributed by atoms with Crippen LogP contribution in [0.4, 0.5) is 14.9 Å². The highest BCUT2D eigenvalue weighted by atomic mass is 19.1. The van der Waals surface area contributed by atoms with Crippen LogP contribution in [0.5, 0.6) is 0 Å². The molecule has 3 rings (SSSR count). The van der Waals surface area contributed by atoms with Crippen LogP contribution in [-0.2, 0) is 4.79 Å². The van der Waals surface area contributed by atoms with Gasteiger partial charge in [0, 0.05) is 31.6 Å². The maximum atomic E-state index is 13.4. The number of hydrogen-bond acceptors (Lipinski definition) is 2. The molecule has 2 fully saturated rings. The Labute approximate surface area is 165 Å². The smallest absolute Gasteiger partial charge is 0.315 e. The molecule has 8 heteroatoms. The number of benzene rings is 1. The average Bonchev–Trinajstić information content (AvgIpc) is 3.05. The third-order valence-electron chi connectivity index (χ3n) is 5.74. The number of nitrogens with zero attached hydrogens (tertiary/aromatic N) is 1. The van der Waals surface area contributed by atoms with Gasteiger partial charge in [-0.25, -0.2) is 9.18 Å². The molecule has 7 nitrogen and oxygen atoms in total. The predicted molar refractivity (Wildman–Crippen MR) is 105 cm³/mol. The van der Waals surface area contributed by atoms with Gasteiger partial charge in [-0.3, -0.25) is 4.79 Å². The third-order valence-corrected chi connectivity index (χ3v) is 5.74. The summed E-state index contributed by atoms with van der Waals surface area (Å²) in [5.41, 5.74) is 0.530. The van der Waals surface area contributed by atoms with E-state index in [0.717, 1.165) is 13.0 Å². The lowest BCUT2D eigenvalue weighted by Crippen LogP contribution is -3.28. The van der Waals surface area contributed by atoms with Crippen LogP contribution in [0.25, 0.3) is 0 Å². The second-order valence-electron chi connectivity index (χ2n) is 7.74. The van der Waals surface area contributed by atoms with Crippen LogP contribution < -0.4 is 25.3 Å². The molecular weight excluding hydrogens is 361 g/mol. The van der Waals surface area contributed by atoms with Gasteiger partial charge in [0.25, 0.3) is 0 Å². The van der Waals surface area contributed by atoms with E-state index >= 15 is 0 Å². The van der Waals surface area contributed by atoms with Crippen molar-refractivity contribution >= 4 is 17.6 Å². The molecular formula is C20H32FN5O2+2. The number of carbonyl (C=O) groups is 2. The molecule has 1 aromatic rings. The normalized spacial score (nSPS) is 25.0. The van der Waals surface area contributed by atoms with Crippen molar-refractivity contribution in [3.8, 4) is 0 Å². The second-order valence-corrected chi connectivity index (χ2v) is 7.74. The average molecular weight is 394 g/mol. The number of anilines is 1. The Morgan fingerprint density at radius 2 is 2.00 bits per heavy atom. The molecule has 0 bridgehead atoms. The third kappa shape index (κ3) is 5.65. The summed E-state index contributed by atoms with van der Waals surface area (Å²) >= 11 is 0. The number of hydrogen-bond donors (Lipinski definition) is 4. The number of urea groups is 1. The highest BCUT2D eigenvalue weighted by molar-refractivity contribution is 5.96. The van der Waals surface area contributed by atoms with E-state index in [9.17, 15) is 14.0 Å². The van der Waals surface area contributed by atoms with Crippen LogP contribution in [-0.4, -0.2) is 70.3 Å². The maximum absolute atomic E-state index is 13.4. The molecule has 1 aromatic carbocycles. The van der Waals surface area contributed by atoms with Crippen LogP contribution in [0.2, 0.25) is 0 Å².